The van der Waals surface area contributed by atoms with Gasteiger partial charge >= 0.3 is 0 Å². The summed E-state index contributed by atoms with van der Waals surface area (Å²) < 4.78 is 26.6. The summed E-state index contributed by atoms with van der Waals surface area (Å²) in [5.74, 6) is 0. The molecule has 4 heteroatoms. The fourth-order valence-electron chi connectivity index (χ4n) is 2.58. The first kappa shape index (κ1) is 14.5. The summed E-state index contributed by atoms with van der Waals surface area (Å²) in [5.41, 5.74) is 1.08. The smallest absolute Gasteiger partial charge is 0.207 e. The van der Waals surface area contributed by atoms with E-state index in [4.69, 9.17) is 0 Å². The fourth-order valence-corrected chi connectivity index (χ4v) is 4.47. The Balaban J connectivity index is 2.07. The van der Waals surface area contributed by atoms with Crippen LogP contribution in [0.5, 0.6) is 0 Å². The molecule has 106 valence electrons. The van der Waals surface area contributed by atoms with Gasteiger partial charge in [0, 0.05) is 12.1 Å². The molecule has 1 saturated heterocycles. The third-order valence-corrected chi connectivity index (χ3v) is 5.92. The Morgan fingerprint density at radius 3 is 2.37 bits per heavy atom. The van der Waals surface area contributed by atoms with E-state index in [0.717, 1.165) is 18.4 Å². The number of nitrogens with zero attached hydrogens (tertiary/aromatic N) is 1. The lowest BCUT2D eigenvalue weighted by Crippen LogP contribution is -2.15. The molecule has 0 aliphatic carbocycles. The first-order valence-electron chi connectivity index (χ1n) is 7.08. The number of sulfonamides is 1. The second-order valence-electron chi connectivity index (χ2n) is 5.45. The van der Waals surface area contributed by atoms with Gasteiger partial charge in [0.25, 0.3) is 0 Å². The van der Waals surface area contributed by atoms with Crippen LogP contribution in [0.1, 0.15) is 45.1 Å². The largest absolute Gasteiger partial charge is 0.243 e. The van der Waals surface area contributed by atoms with Gasteiger partial charge in [-0.05, 0) is 32.4 Å². The standard InChI is InChI=1S/C15H23NO2S/c1-4-5-6-7-15-13(3)16(15)19(17,18)14-10-8-12(2)9-11-14/h8-11,13,15H,4-7H2,1-3H3/t13-,15+,16?/m0/s1. The van der Waals surface area contributed by atoms with Crippen LogP contribution in [-0.4, -0.2) is 24.8 Å². The van der Waals surface area contributed by atoms with Gasteiger partial charge in [-0.2, -0.15) is 4.31 Å². The molecule has 0 aromatic heterocycles. The minimum Gasteiger partial charge on any atom is -0.207 e. The Labute approximate surface area is 116 Å². The van der Waals surface area contributed by atoms with Gasteiger partial charge in [-0.1, -0.05) is 43.9 Å². The summed E-state index contributed by atoms with van der Waals surface area (Å²) in [6.07, 6.45) is 4.46. The Bertz CT molecular complexity index is 522. The topological polar surface area (TPSA) is 37.1 Å². The first-order chi connectivity index (χ1) is 8.98. The molecule has 2 rings (SSSR count). The average Bonchev–Trinajstić information content (AvgIpc) is 3.02. The van der Waals surface area contributed by atoms with E-state index >= 15 is 0 Å². The molecule has 19 heavy (non-hydrogen) atoms. The van der Waals surface area contributed by atoms with Crippen molar-refractivity contribution < 1.29 is 8.42 Å². The van der Waals surface area contributed by atoms with Gasteiger partial charge < -0.3 is 0 Å². The van der Waals surface area contributed by atoms with Crippen molar-refractivity contribution in [1.29, 1.82) is 0 Å². The van der Waals surface area contributed by atoms with E-state index in [9.17, 15) is 8.42 Å². The average molecular weight is 281 g/mol. The van der Waals surface area contributed by atoms with Gasteiger partial charge in [-0.15, -0.1) is 0 Å². The Morgan fingerprint density at radius 2 is 1.79 bits per heavy atom. The Hall–Kier alpha value is -0.870. The minimum atomic E-state index is -3.28. The van der Waals surface area contributed by atoms with Crippen LogP contribution in [0.4, 0.5) is 0 Å². The molecule has 1 aromatic carbocycles. The van der Waals surface area contributed by atoms with E-state index in [1.165, 1.54) is 12.8 Å². The SMILES string of the molecule is CCCCC[C@@H]1[C@H](C)N1S(=O)(=O)c1ccc(C)cc1. The number of hydrogen-bond acceptors (Lipinski definition) is 2. The number of aryl methyl sites for hydroxylation is 1. The van der Waals surface area contributed by atoms with Crippen LogP contribution in [0.3, 0.4) is 0 Å². The highest BCUT2D eigenvalue weighted by Gasteiger charge is 2.51. The molecule has 1 aliphatic heterocycles. The van der Waals surface area contributed by atoms with Crippen LogP contribution in [0, 0.1) is 6.92 Å². The summed E-state index contributed by atoms with van der Waals surface area (Å²) in [6.45, 7) is 6.13. The summed E-state index contributed by atoms with van der Waals surface area (Å²) in [6, 6.07) is 7.48. The van der Waals surface area contributed by atoms with Crippen molar-refractivity contribution in [3.8, 4) is 0 Å². The van der Waals surface area contributed by atoms with E-state index in [1.54, 1.807) is 16.4 Å². The highest BCUT2D eigenvalue weighted by atomic mass is 32.2. The van der Waals surface area contributed by atoms with E-state index < -0.39 is 10.0 Å². The number of hydrogen-bond donors (Lipinski definition) is 0. The Morgan fingerprint density at radius 1 is 1.16 bits per heavy atom. The molecule has 1 unspecified atom stereocenters. The lowest BCUT2D eigenvalue weighted by atomic mass is 10.1. The quantitative estimate of drug-likeness (QED) is 0.592. The van der Waals surface area contributed by atoms with E-state index in [1.807, 2.05) is 26.0 Å². The zero-order valence-electron chi connectivity index (χ0n) is 12.0. The lowest BCUT2D eigenvalue weighted by Gasteiger charge is -2.07. The van der Waals surface area contributed by atoms with E-state index in [0.29, 0.717) is 4.90 Å². The first-order valence-corrected chi connectivity index (χ1v) is 8.52. The van der Waals surface area contributed by atoms with Crippen molar-refractivity contribution in [2.24, 2.45) is 0 Å². The molecule has 1 heterocycles. The molecule has 0 radical (unpaired) electrons. The molecule has 1 aromatic rings. The maximum Gasteiger partial charge on any atom is 0.243 e. The van der Waals surface area contributed by atoms with Crippen molar-refractivity contribution in [2.75, 3.05) is 0 Å². The van der Waals surface area contributed by atoms with Crippen molar-refractivity contribution >= 4 is 10.0 Å². The van der Waals surface area contributed by atoms with Crippen molar-refractivity contribution in [2.45, 2.75) is 63.4 Å². The van der Waals surface area contributed by atoms with Gasteiger partial charge in [0.1, 0.15) is 0 Å². The van der Waals surface area contributed by atoms with Crippen LogP contribution in [-0.2, 0) is 10.0 Å². The highest BCUT2D eigenvalue weighted by Crippen LogP contribution is 2.38. The molecule has 0 bridgehead atoms. The van der Waals surface area contributed by atoms with E-state index in [2.05, 4.69) is 6.92 Å². The maximum atomic E-state index is 12.5. The van der Waals surface area contributed by atoms with Crippen molar-refractivity contribution in [3.63, 3.8) is 0 Å². The van der Waals surface area contributed by atoms with Gasteiger partial charge in [0.05, 0.1) is 4.90 Å². The normalized spacial score (nSPS) is 26.4. The predicted molar refractivity (Wildman–Crippen MR) is 77.6 cm³/mol. The minimum absolute atomic E-state index is 0.156. The van der Waals surface area contributed by atoms with Gasteiger partial charge in [-0.3, -0.25) is 0 Å². The molecule has 3 nitrogen and oxygen atoms in total. The monoisotopic (exact) mass is 281 g/mol. The van der Waals surface area contributed by atoms with Gasteiger partial charge in [0.2, 0.25) is 10.0 Å². The van der Waals surface area contributed by atoms with E-state index in [-0.39, 0.29) is 12.1 Å². The molecule has 0 amide bonds. The summed E-state index contributed by atoms with van der Waals surface area (Å²) in [7, 11) is -3.28. The number of rotatable bonds is 6. The molecule has 1 aliphatic rings. The molecular formula is C15H23NO2S. The van der Waals surface area contributed by atoms with Crippen LogP contribution in [0.15, 0.2) is 29.2 Å². The van der Waals surface area contributed by atoms with Crippen LogP contribution >= 0.6 is 0 Å². The zero-order valence-corrected chi connectivity index (χ0v) is 12.8. The molecular weight excluding hydrogens is 258 g/mol. The highest BCUT2D eigenvalue weighted by molar-refractivity contribution is 7.89. The summed E-state index contributed by atoms with van der Waals surface area (Å²) in [4.78, 5) is 0.419. The van der Waals surface area contributed by atoms with Gasteiger partial charge in [-0.25, -0.2) is 8.42 Å². The van der Waals surface area contributed by atoms with Crippen LogP contribution < -0.4 is 0 Å². The molecule has 0 spiro atoms. The van der Waals surface area contributed by atoms with Crippen molar-refractivity contribution in [3.05, 3.63) is 29.8 Å². The number of unbranched alkanes of at least 4 members (excludes halogenated alkanes) is 2. The molecule has 1 fully saturated rings. The zero-order chi connectivity index (χ0) is 14.0. The predicted octanol–water partition coefficient (Wildman–Crippen LogP) is 3.34. The second-order valence-corrected chi connectivity index (χ2v) is 7.29. The molecule has 3 atom stereocenters. The van der Waals surface area contributed by atoms with Gasteiger partial charge in [0.15, 0.2) is 0 Å². The maximum absolute atomic E-state index is 12.5. The third kappa shape index (κ3) is 3.00. The van der Waals surface area contributed by atoms with Crippen LogP contribution in [0.25, 0.3) is 0 Å². The Kier molecular flexibility index (Phi) is 4.31. The lowest BCUT2D eigenvalue weighted by molar-refractivity contribution is 0.537. The third-order valence-electron chi connectivity index (χ3n) is 3.90. The summed E-state index contributed by atoms with van der Waals surface area (Å²) >= 11 is 0. The second kappa shape index (κ2) is 5.63. The fraction of sp³-hybridized carbons (Fsp3) is 0.600. The molecule has 0 N–H and O–H groups in total. The number of benzene rings is 1. The van der Waals surface area contributed by atoms with Crippen LogP contribution in [0.2, 0.25) is 0 Å². The summed E-state index contributed by atoms with van der Waals surface area (Å²) in [5, 5.41) is 0. The van der Waals surface area contributed by atoms with Crippen molar-refractivity contribution in [1.82, 2.24) is 4.31 Å². The molecule has 0 saturated carbocycles.